The zero-order valence-electron chi connectivity index (χ0n) is 16.2. The van der Waals surface area contributed by atoms with Gasteiger partial charge in [0.1, 0.15) is 10.9 Å². The maximum atomic E-state index is 13.0. The molecule has 4 heterocycles. The van der Waals surface area contributed by atoms with Crippen LogP contribution in [0, 0.1) is 0 Å². The van der Waals surface area contributed by atoms with E-state index in [1.807, 2.05) is 4.90 Å². The number of piperidine rings is 1. The first-order chi connectivity index (χ1) is 14.8. The van der Waals surface area contributed by atoms with E-state index in [1.54, 1.807) is 24.3 Å². The van der Waals surface area contributed by atoms with Crippen LogP contribution in [0.2, 0.25) is 0 Å². The molecule has 0 radical (unpaired) electrons. The molecule has 5 rings (SSSR count). The number of amides is 4. The van der Waals surface area contributed by atoms with Gasteiger partial charge in [-0.05, 0) is 42.7 Å². The predicted molar refractivity (Wildman–Crippen MR) is 109 cm³/mol. The molecule has 2 aromatic rings. The summed E-state index contributed by atoms with van der Waals surface area (Å²) in [6.45, 7) is 1.17. The van der Waals surface area contributed by atoms with E-state index < -0.39 is 35.6 Å². The minimum atomic E-state index is -0.994. The Bertz CT molecular complexity index is 1190. The molecule has 1 saturated heterocycles. The van der Waals surface area contributed by atoms with Gasteiger partial charge in [-0.1, -0.05) is 0 Å². The second kappa shape index (κ2) is 7.02. The molecule has 0 bridgehead atoms. The molecule has 0 aliphatic carbocycles. The van der Waals surface area contributed by atoms with E-state index in [4.69, 9.17) is 0 Å². The number of carboxylic acids is 1. The average molecular weight is 439 g/mol. The molecule has 0 spiro atoms. The number of benzene rings is 1. The van der Waals surface area contributed by atoms with Crippen LogP contribution in [0.3, 0.4) is 0 Å². The second-order valence-electron chi connectivity index (χ2n) is 7.71. The van der Waals surface area contributed by atoms with Crippen LogP contribution in [0.5, 0.6) is 0 Å². The lowest BCUT2D eigenvalue weighted by Gasteiger charge is -2.29. The maximum Gasteiger partial charge on any atom is 0.345 e. The van der Waals surface area contributed by atoms with Crippen molar-refractivity contribution in [2.45, 2.75) is 31.8 Å². The van der Waals surface area contributed by atoms with Gasteiger partial charge in [-0.25, -0.2) is 4.79 Å². The molecule has 158 valence electrons. The zero-order valence-corrected chi connectivity index (χ0v) is 17.0. The lowest BCUT2D eigenvalue weighted by molar-refractivity contribution is -0.136. The molecular weight excluding hydrogens is 422 g/mol. The molecule has 4 amide bonds. The molecule has 3 aliphatic heterocycles. The van der Waals surface area contributed by atoms with Gasteiger partial charge < -0.3 is 10.0 Å². The van der Waals surface area contributed by atoms with Gasteiger partial charge in [-0.3, -0.25) is 29.4 Å². The molecule has 1 unspecified atom stereocenters. The monoisotopic (exact) mass is 439 g/mol. The number of hydrogen-bond acceptors (Lipinski definition) is 7. The van der Waals surface area contributed by atoms with E-state index in [2.05, 4.69) is 5.32 Å². The topological polar surface area (TPSA) is 124 Å². The van der Waals surface area contributed by atoms with Gasteiger partial charge in [0.15, 0.2) is 0 Å². The zero-order chi connectivity index (χ0) is 21.9. The number of imide groups is 2. The van der Waals surface area contributed by atoms with Crippen molar-refractivity contribution in [3.63, 3.8) is 0 Å². The fourth-order valence-corrected chi connectivity index (χ4v) is 5.37. The summed E-state index contributed by atoms with van der Waals surface area (Å²) in [5, 5.41) is 11.4. The Morgan fingerprint density at radius 3 is 2.58 bits per heavy atom. The number of thiophene rings is 1. The Balaban J connectivity index is 1.41. The number of carbonyl (C=O) groups is 5. The van der Waals surface area contributed by atoms with Crippen LogP contribution in [-0.4, -0.2) is 52.2 Å². The van der Waals surface area contributed by atoms with Crippen LogP contribution in [0.4, 0.5) is 5.69 Å². The van der Waals surface area contributed by atoms with Gasteiger partial charge in [-0.2, -0.15) is 0 Å². The minimum absolute atomic E-state index is 0.0737. The normalized spacial score (nSPS) is 20.6. The largest absolute Gasteiger partial charge is 0.477 e. The Kier molecular flexibility index (Phi) is 4.40. The number of rotatable bonds is 3. The van der Waals surface area contributed by atoms with Crippen molar-refractivity contribution in [2.24, 2.45) is 0 Å². The summed E-state index contributed by atoms with van der Waals surface area (Å²) in [6.07, 6.45) is 0.873. The third-order valence-corrected chi connectivity index (χ3v) is 7.03. The summed E-state index contributed by atoms with van der Waals surface area (Å²) in [4.78, 5) is 64.9. The van der Waals surface area contributed by atoms with E-state index in [9.17, 15) is 29.1 Å². The fraction of sp³-hybridized carbons (Fsp3) is 0.286. The van der Waals surface area contributed by atoms with Gasteiger partial charge in [0, 0.05) is 23.5 Å². The van der Waals surface area contributed by atoms with Crippen LogP contribution >= 0.6 is 11.3 Å². The summed E-state index contributed by atoms with van der Waals surface area (Å²) in [7, 11) is 0. The number of hydrogen-bond donors (Lipinski definition) is 2. The molecule has 1 aromatic carbocycles. The predicted octanol–water partition coefficient (Wildman–Crippen LogP) is 1.41. The first-order valence-corrected chi connectivity index (χ1v) is 10.6. The molecule has 9 nitrogen and oxygen atoms in total. The van der Waals surface area contributed by atoms with E-state index in [-0.39, 0.29) is 24.0 Å². The van der Waals surface area contributed by atoms with Crippen LogP contribution < -0.4 is 10.2 Å². The highest BCUT2D eigenvalue weighted by Crippen LogP contribution is 2.34. The highest BCUT2D eigenvalue weighted by Gasteiger charge is 2.44. The average Bonchev–Trinajstić information content (AvgIpc) is 3.28. The van der Waals surface area contributed by atoms with Crippen molar-refractivity contribution in [1.82, 2.24) is 10.2 Å². The van der Waals surface area contributed by atoms with Crippen molar-refractivity contribution in [2.75, 3.05) is 11.4 Å². The van der Waals surface area contributed by atoms with Crippen molar-refractivity contribution in [3.05, 3.63) is 50.7 Å². The SMILES string of the molecule is O=C1CCC(N2C(=O)c3ccc(N4CCc5cc(C(=O)O)sc5C4)cc3C2=O)C(=O)N1. The maximum absolute atomic E-state index is 13.0. The number of nitrogens with zero attached hydrogens (tertiary/aromatic N) is 2. The quantitative estimate of drug-likeness (QED) is 0.693. The van der Waals surface area contributed by atoms with Gasteiger partial charge in [-0.15, -0.1) is 11.3 Å². The molecule has 3 aliphatic rings. The molecule has 10 heteroatoms. The number of carbonyl (C=O) groups excluding carboxylic acids is 4. The van der Waals surface area contributed by atoms with E-state index in [0.717, 1.165) is 21.0 Å². The number of fused-ring (bicyclic) bond motifs is 2. The Labute approximate surface area is 180 Å². The number of aromatic carboxylic acids is 1. The lowest BCUT2D eigenvalue weighted by Crippen LogP contribution is -2.54. The summed E-state index contributed by atoms with van der Waals surface area (Å²) in [5.41, 5.74) is 2.24. The van der Waals surface area contributed by atoms with Gasteiger partial charge in [0.25, 0.3) is 11.8 Å². The van der Waals surface area contributed by atoms with Crippen molar-refractivity contribution >= 4 is 46.6 Å². The molecule has 1 aromatic heterocycles. The van der Waals surface area contributed by atoms with Crippen LogP contribution in [-0.2, 0) is 22.6 Å². The Morgan fingerprint density at radius 2 is 1.84 bits per heavy atom. The Morgan fingerprint density at radius 1 is 1.06 bits per heavy atom. The van der Waals surface area contributed by atoms with Crippen LogP contribution in [0.15, 0.2) is 24.3 Å². The lowest BCUT2D eigenvalue weighted by atomic mass is 10.0. The highest BCUT2D eigenvalue weighted by atomic mass is 32.1. The molecule has 1 fully saturated rings. The number of carboxylic acid groups (broad SMARTS) is 1. The molecule has 0 saturated carbocycles. The standard InChI is InChI=1S/C21H17N3O6S/c25-17-4-3-14(18(26)22-17)24-19(27)12-2-1-11(8-13(12)20(24)28)23-6-5-10-7-15(21(29)30)31-16(10)9-23/h1-2,7-8,14H,3-6,9H2,(H,29,30)(H,22,25,26). The van der Waals surface area contributed by atoms with Gasteiger partial charge >= 0.3 is 5.97 Å². The van der Waals surface area contributed by atoms with Crippen molar-refractivity contribution in [1.29, 1.82) is 0 Å². The first-order valence-electron chi connectivity index (χ1n) is 9.79. The van der Waals surface area contributed by atoms with Gasteiger partial charge in [0.2, 0.25) is 11.8 Å². The third-order valence-electron chi connectivity index (χ3n) is 5.88. The van der Waals surface area contributed by atoms with E-state index in [1.165, 1.54) is 11.3 Å². The number of anilines is 1. The molecule has 31 heavy (non-hydrogen) atoms. The summed E-state index contributed by atoms with van der Waals surface area (Å²) >= 11 is 1.25. The third kappa shape index (κ3) is 3.10. The molecule has 1 atom stereocenters. The first kappa shape index (κ1) is 19.4. The van der Waals surface area contributed by atoms with E-state index in [0.29, 0.717) is 24.4 Å². The Hall–Kier alpha value is -3.53. The van der Waals surface area contributed by atoms with Crippen LogP contribution in [0.1, 0.15) is 53.7 Å². The minimum Gasteiger partial charge on any atom is -0.477 e. The summed E-state index contributed by atoms with van der Waals surface area (Å²) in [6, 6.07) is 5.71. The highest BCUT2D eigenvalue weighted by molar-refractivity contribution is 7.14. The number of nitrogens with one attached hydrogen (secondary N) is 1. The van der Waals surface area contributed by atoms with E-state index >= 15 is 0 Å². The van der Waals surface area contributed by atoms with Crippen molar-refractivity contribution < 1.29 is 29.1 Å². The molecule has 2 N–H and O–H groups in total. The smallest absolute Gasteiger partial charge is 0.345 e. The fourth-order valence-electron chi connectivity index (χ4n) is 4.30. The summed E-state index contributed by atoms with van der Waals surface area (Å²) in [5.74, 6) is -3.07. The molecular formula is C21H17N3O6S. The van der Waals surface area contributed by atoms with Crippen molar-refractivity contribution in [3.8, 4) is 0 Å². The van der Waals surface area contributed by atoms with Gasteiger partial charge in [0.05, 0.1) is 17.7 Å². The van der Waals surface area contributed by atoms with Crippen LogP contribution in [0.25, 0.3) is 0 Å². The second-order valence-corrected chi connectivity index (χ2v) is 8.85. The summed E-state index contributed by atoms with van der Waals surface area (Å²) < 4.78 is 0.